The summed E-state index contributed by atoms with van der Waals surface area (Å²) in [5.41, 5.74) is 0.0612. The molecule has 2 N–H and O–H groups in total. The average Bonchev–Trinajstić information content (AvgIpc) is 2.89. The van der Waals surface area contributed by atoms with Crippen molar-refractivity contribution in [1.82, 2.24) is 10.6 Å². The summed E-state index contributed by atoms with van der Waals surface area (Å²) in [5, 5.41) is 7.02. The molecule has 0 heterocycles. The fourth-order valence-corrected chi connectivity index (χ4v) is 2.99. The zero-order chi connectivity index (χ0) is 14.1. The molecule has 2 aliphatic carbocycles. The normalized spacial score (nSPS) is 32.5. The second kappa shape index (κ2) is 6.64. The smallest absolute Gasteiger partial charge is 0.191 e. The molecular formula is C15H28IN3O. The SMILES string of the molecule is CN=C(NC1CC=CC1)NC1CC(C)(OC)C1(C)C.I. The van der Waals surface area contributed by atoms with Crippen LogP contribution in [0, 0.1) is 5.41 Å². The zero-order valence-electron chi connectivity index (χ0n) is 13.2. The first-order valence-electron chi connectivity index (χ1n) is 7.13. The molecule has 2 unspecified atom stereocenters. The number of nitrogens with one attached hydrogen (secondary N) is 2. The summed E-state index contributed by atoms with van der Waals surface area (Å²) in [6.45, 7) is 6.69. The van der Waals surface area contributed by atoms with Gasteiger partial charge in [0.15, 0.2) is 5.96 Å². The molecule has 1 fully saturated rings. The van der Waals surface area contributed by atoms with Gasteiger partial charge in [0, 0.05) is 31.7 Å². The molecule has 0 aromatic carbocycles. The maximum Gasteiger partial charge on any atom is 0.191 e. The highest BCUT2D eigenvalue weighted by atomic mass is 127. The first-order valence-corrected chi connectivity index (χ1v) is 7.13. The minimum absolute atomic E-state index is 0. The van der Waals surface area contributed by atoms with Gasteiger partial charge < -0.3 is 15.4 Å². The molecule has 0 radical (unpaired) electrons. The lowest BCUT2D eigenvalue weighted by molar-refractivity contribution is -0.176. The van der Waals surface area contributed by atoms with Crippen molar-refractivity contribution in [2.75, 3.05) is 14.2 Å². The van der Waals surface area contributed by atoms with Gasteiger partial charge in [0.2, 0.25) is 0 Å². The van der Waals surface area contributed by atoms with Crippen molar-refractivity contribution >= 4 is 29.9 Å². The molecule has 2 aliphatic rings. The number of rotatable bonds is 3. The second-order valence-corrected chi connectivity index (χ2v) is 6.41. The predicted octanol–water partition coefficient (Wildman–Crippen LogP) is 2.69. The molecule has 0 saturated heterocycles. The van der Waals surface area contributed by atoms with Crippen LogP contribution in [0.3, 0.4) is 0 Å². The summed E-state index contributed by atoms with van der Waals surface area (Å²) in [5.74, 6) is 0.907. The molecule has 4 nitrogen and oxygen atoms in total. The van der Waals surface area contributed by atoms with E-state index < -0.39 is 0 Å². The molecule has 0 spiro atoms. The van der Waals surface area contributed by atoms with E-state index in [9.17, 15) is 0 Å². The van der Waals surface area contributed by atoms with E-state index in [1.807, 2.05) is 7.05 Å². The Morgan fingerprint density at radius 3 is 2.25 bits per heavy atom. The first kappa shape index (κ1) is 17.8. The quantitative estimate of drug-likeness (QED) is 0.336. The van der Waals surface area contributed by atoms with Crippen molar-refractivity contribution in [3.63, 3.8) is 0 Å². The monoisotopic (exact) mass is 393 g/mol. The predicted molar refractivity (Wildman–Crippen MR) is 94.8 cm³/mol. The fraction of sp³-hybridized carbons (Fsp3) is 0.800. The van der Waals surface area contributed by atoms with Crippen LogP contribution in [0.2, 0.25) is 0 Å². The van der Waals surface area contributed by atoms with Crippen LogP contribution in [0.1, 0.15) is 40.0 Å². The molecule has 20 heavy (non-hydrogen) atoms. The third kappa shape index (κ3) is 3.13. The molecule has 5 heteroatoms. The number of methoxy groups -OCH3 is 1. The maximum atomic E-state index is 5.66. The van der Waals surface area contributed by atoms with Crippen molar-refractivity contribution < 1.29 is 4.74 Å². The molecule has 2 atom stereocenters. The van der Waals surface area contributed by atoms with E-state index in [1.165, 1.54) is 0 Å². The Kier molecular flexibility index (Phi) is 5.89. The van der Waals surface area contributed by atoms with Crippen LogP contribution in [-0.4, -0.2) is 37.8 Å². The third-order valence-corrected chi connectivity index (χ3v) is 5.16. The van der Waals surface area contributed by atoms with Crippen molar-refractivity contribution in [2.24, 2.45) is 10.4 Å². The van der Waals surface area contributed by atoms with Crippen molar-refractivity contribution in [1.29, 1.82) is 0 Å². The van der Waals surface area contributed by atoms with E-state index >= 15 is 0 Å². The highest BCUT2D eigenvalue weighted by molar-refractivity contribution is 14.0. The molecule has 0 bridgehead atoms. The number of hydrogen-bond acceptors (Lipinski definition) is 2. The van der Waals surface area contributed by atoms with E-state index in [4.69, 9.17) is 4.74 Å². The van der Waals surface area contributed by atoms with Gasteiger partial charge in [0.25, 0.3) is 0 Å². The maximum absolute atomic E-state index is 5.66. The van der Waals surface area contributed by atoms with Crippen LogP contribution in [0.5, 0.6) is 0 Å². The van der Waals surface area contributed by atoms with E-state index in [1.54, 1.807) is 7.11 Å². The fourth-order valence-electron chi connectivity index (χ4n) is 2.99. The molecule has 1 saturated carbocycles. The van der Waals surface area contributed by atoms with E-state index in [2.05, 4.69) is 48.5 Å². The first-order chi connectivity index (χ1) is 8.93. The van der Waals surface area contributed by atoms with Crippen LogP contribution in [0.4, 0.5) is 0 Å². The van der Waals surface area contributed by atoms with Gasteiger partial charge in [0.05, 0.1) is 5.60 Å². The van der Waals surface area contributed by atoms with Crippen LogP contribution < -0.4 is 10.6 Å². The molecule has 116 valence electrons. The molecule has 0 aliphatic heterocycles. The van der Waals surface area contributed by atoms with Crippen LogP contribution in [-0.2, 0) is 4.74 Å². The standard InChI is InChI=1S/C15H27N3O.HI/c1-14(2)12(10-15(14,3)19-5)18-13(16-4)17-11-8-6-7-9-11;/h6-7,11-12H,8-10H2,1-5H3,(H2,16,17,18);1H. The van der Waals surface area contributed by atoms with Gasteiger partial charge in [-0.1, -0.05) is 26.0 Å². The Labute approximate surface area is 139 Å². The zero-order valence-corrected chi connectivity index (χ0v) is 15.5. The molecular weight excluding hydrogens is 365 g/mol. The summed E-state index contributed by atoms with van der Waals surface area (Å²) in [6, 6.07) is 0.890. The van der Waals surface area contributed by atoms with Crippen LogP contribution >= 0.6 is 24.0 Å². The van der Waals surface area contributed by atoms with Crippen molar-refractivity contribution in [3.8, 4) is 0 Å². The second-order valence-electron chi connectivity index (χ2n) is 6.41. The third-order valence-electron chi connectivity index (χ3n) is 5.16. The topological polar surface area (TPSA) is 45.7 Å². The van der Waals surface area contributed by atoms with E-state index in [0.29, 0.717) is 12.1 Å². The molecule has 0 amide bonds. The Hall–Kier alpha value is -0.300. The number of aliphatic imine (C=N–C) groups is 1. The average molecular weight is 393 g/mol. The highest BCUT2D eigenvalue weighted by Gasteiger charge is 2.58. The van der Waals surface area contributed by atoms with Gasteiger partial charge in [0.1, 0.15) is 0 Å². The lowest BCUT2D eigenvalue weighted by Crippen LogP contribution is -2.69. The lowest BCUT2D eigenvalue weighted by Gasteiger charge is -2.59. The Morgan fingerprint density at radius 2 is 1.80 bits per heavy atom. The van der Waals surface area contributed by atoms with Gasteiger partial charge in [-0.05, 0) is 26.2 Å². The summed E-state index contributed by atoms with van der Waals surface area (Å²) in [4.78, 5) is 4.34. The van der Waals surface area contributed by atoms with Crippen LogP contribution in [0.15, 0.2) is 17.1 Å². The molecule has 0 aromatic heterocycles. The summed E-state index contributed by atoms with van der Waals surface area (Å²) in [7, 11) is 3.63. The van der Waals surface area contributed by atoms with Crippen LogP contribution in [0.25, 0.3) is 0 Å². The summed E-state index contributed by atoms with van der Waals surface area (Å²) < 4.78 is 5.66. The van der Waals surface area contributed by atoms with Gasteiger partial charge in [-0.25, -0.2) is 0 Å². The molecule has 2 rings (SSSR count). The Morgan fingerprint density at radius 1 is 1.20 bits per heavy atom. The van der Waals surface area contributed by atoms with Gasteiger partial charge in [-0.15, -0.1) is 24.0 Å². The Balaban J connectivity index is 0.00000200. The number of halogens is 1. The van der Waals surface area contributed by atoms with Crippen molar-refractivity contribution in [3.05, 3.63) is 12.2 Å². The minimum atomic E-state index is -0.0432. The van der Waals surface area contributed by atoms with Gasteiger partial charge in [-0.3, -0.25) is 4.99 Å². The van der Waals surface area contributed by atoms with Gasteiger partial charge >= 0.3 is 0 Å². The summed E-state index contributed by atoms with van der Waals surface area (Å²) >= 11 is 0. The minimum Gasteiger partial charge on any atom is -0.378 e. The van der Waals surface area contributed by atoms with Gasteiger partial charge in [-0.2, -0.15) is 0 Å². The lowest BCUT2D eigenvalue weighted by atomic mass is 9.56. The molecule has 0 aromatic rings. The largest absolute Gasteiger partial charge is 0.378 e. The van der Waals surface area contributed by atoms with E-state index in [-0.39, 0.29) is 35.0 Å². The number of nitrogens with zero attached hydrogens (tertiary/aromatic N) is 1. The van der Waals surface area contributed by atoms with E-state index in [0.717, 1.165) is 25.2 Å². The number of ether oxygens (including phenoxy) is 1. The van der Waals surface area contributed by atoms with Crippen molar-refractivity contribution in [2.45, 2.75) is 57.7 Å². The summed E-state index contributed by atoms with van der Waals surface area (Å²) in [6.07, 6.45) is 7.63. The number of guanidine groups is 1. The number of hydrogen-bond donors (Lipinski definition) is 2. The Bertz CT molecular complexity index is 387. The highest BCUT2D eigenvalue weighted by Crippen LogP contribution is 2.51.